The average molecular weight is 318 g/mol. The Balaban J connectivity index is 1.94. The maximum absolute atomic E-state index is 9.35. The van der Waals surface area contributed by atoms with Gasteiger partial charge in [0.1, 0.15) is 11.6 Å². The third-order valence-electron chi connectivity index (χ3n) is 3.58. The van der Waals surface area contributed by atoms with E-state index in [1.165, 1.54) is 0 Å². The molecule has 1 N–H and O–H groups in total. The quantitative estimate of drug-likeness (QED) is 0.784. The van der Waals surface area contributed by atoms with Crippen LogP contribution in [0.3, 0.4) is 0 Å². The third kappa shape index (κ3) is 2.91. The van der Waals surface area contributed by atoms with Gasteiger partial charge < -0.3 is 9.52 Å². The first-order valence-corrected chi connectivity index (χ1v) is 7.39. The molecule has 0 aliphatic heterocycles. The van der Waals surface area contributed by atoms with Crippen LogP contribution in [0.1, 0.15) is 29.5 Å². The van der Waals surface area contributed by atoms with Gasteiger partial charge in [-0.1, -0.05) is 23.7 Å². The SMILES string of the molecule is Cc1nccn1-c1ncc(C(CCO)c2ccc(Cl)cc2)o1. The Hall–Kier alpha value is -2.11. The summed E-state index contributed by atoms with van der Waals surface area (Å²) < 4.78 is 7.66. The molecule has 0 saturated carbocycles. The lowest BCUT2D eigenvalue weighted by molar-refractivity contribution is 0.275. The van der Waals surface area contributed by atoms with Gasteiger partial charge in [0.25, 0.3) is 0 Å². The van der Waals surface area contributed by atoms with Crippen LogP contribution in [0.5, 0.6) is 0 Å². The second-order valence-electron chi connectivity index (χ2n) is 5.01. The number of aromatic nitrogens is 3. The Labute approximate surface area is 133 Å². The van der Waals surface area contributed by atoms with Gasteiger partial charge in [-0.15, -0.1) is 0 Å². The van der Waals surface area contributed by atoms with Crippen LogP contribution in [0.2, 0.25) is 5.02 Å². The van der Waals surface area contributed by atoms with Gasteiger partial charge in [0.15, 0.2) is 0 Å². The number of halogens is 1. The summed E-state index contributed by atoms with van der Waals surface area (Å²) in [5.74, 6) is 1.45. The summed E-state index contributed by atoms with van der Waals surface area (Å²) in [5, 5.41) is 10.0. The lowest BCUT2D eigenvalue weighted by Crippen LogP contribution is -2.02. The molecule has 6 heteroatoms. The van der Waals surface area contributed by atoms with E-state index < -0.39 is 0 Å². The van der Waals surface area contributed by atoms with Crippen molar-refractivity contribution in [3.63, 3.8) is 0 Å². The smallest absolute Gasteiger partial charge is 0.307 e. The van der Waals surface area contributed by atoms with Crippen molar-refractivity contribution >= 4 is 11.6 Å². The molecule has 1 unspecified atom stereocenters. The molecule has 0 spiro atoms. The highest BCUT2D eigenvalue weighted by molar-refractivity contribution is 6.30. The zero-order chi connectivity index (χ0) is 15.5. The predicted octanol–water partition coefficient (Wildman–Crippen LogP) is 3.34. The minimum absolute atomic E-state index is 0.0626. The summed E-state index contributed by atoms with van der Waals surface area (Å²) in [4.78, 5) is 8.47. The standard InChI is InChI=1S/C16H16ClN3O2/c1-11-18-7-8-20(11)16-19-10-15(22-16)14(6-9-21)12-2-4-13(17)5-3-12/h2-5,7-8,10,14,21H,6,9H2,1H3. The number of hydrogen-bond acceptors (Lipinski definition) is 4. The van der Waals surface area contributed by atoms with Crippen LogP contribution in [-0.4, -0.2) is 26.2 Å². The highest BCUT2D eigenvalue weighted by Crippen LogP contribution is 2.30. The largest absolute Gasteiger partial charge is 0.427 e. The Bertz CT molecular complexity index is 749. The maximum atomic E-state index is 9.35. The van der Waals surface area contributed by atoms with Crippen LogP contribution in [0, 0.1) is 6.92 Å². The summed E-state index contributed by atoms with van der Waals surface area (Å²) >= 11 is 5.93. The van der Waals surface area contributed by atoms with Gasteiger partial charge in [0.2, 0.25) is 0 Å². The molecule has 3 aromatic rings. The number of aliphatic hydroxyl groups is 1. The van der Waals surface area contributed by atoms with E-state index in [-0.39, 0.29) is 12.5 Å². The third-order valence-corrected chi connectivity index (χ3v) is 3.83. The van der Waals surface area contributed by atoms with E-state index in [1.54, 1.807) is 23.2 Å². The lowest BCUT2D eigenvalue weighted by atomic mass is 9.94. The topological polar surface area (TPSA) is 64.1 Å². The Morgan fingerprint density at radius 3 is 2.68 bits per heavy atom. The van der Waals surface area contributed by atoms with Crippen LogP contribution >= 0.6 is 11.6 Å². The molecule has 0 aliphatic carbocycles. The normalized spacial score (nSPS) is 12.5. The first-order chi connectivity index (χ1) is 10.7. The number of imidazole rings is 1. The van der Waals surface area contributed by atoms with Gasteiger partial charge in [0.05, 0.1) is 6.20 Å². The van der Waals surface area contributed by atoms with Crippen LogP contribution in [0.25, 0.3) is 6.01 Å². The fourth-order valence-electron chi connectivity index (χ4n) is 2.43. The molecule has 114 valence electrons. The molecule has 0 radical (unpaired) electrons. The van der Waals surface area contributed by atoms with Gasteiger partial charge in [-0.3, -0.25) is 4.57 Å². The predicted molar refractivity (Wildman–Crippen MR) is 83.4 cm³/mol. The highest BCUT2D eigenvalue weighted by atomic mass is 35.5. The fourth-order valence-corrected chi connectivity index (χ4v) is 2.55. The lowest BCUT2D eigenvalue weighted by Gasteiger charge is -2.13. The number of hydrogen-bond donors (Lipinski definition) is 1. The van der Waals surface area contributed by atoms with E-state index in [4.69, 9.17) is 16.0 Å². The van der Waals surface area contributed by atoms with Crippen molar-refractivity contribution in [3.05, 3.63) is 65.0 Å². The Morgan fingerprint density at radius 2 is 2.05 bits per heavy atom. The molecule has 0 aliphatic rings. The van der Waals surface area contributed by atoms with E-state index in [9.17, 15) is 5.11 Å². The number of aliphatic hydroxyl groups excluding tert-OH is 1. The molecule has 1 atom stereocenters. The zero-order valence-corrected chi connectivity index (χ0v) is 12.9. The van der Waals surface area contributed by atoms with E-state index in [1.807, 2.05) is 31.2 Å². The van der Waals surface area contributed by atoms with E-state index in [2.05, 4.69) is 9.97 Å². The van der Waals surface area contributed by atoms with Crippen molar-refractivity contribution in [2.45, 2.75) is 19.3 Å². The molecular formula is C16H16ClN3O2. The molecule has 0 bridgehead atoms. The number of oxazole rings is 1. The van der Waals surface area contributed by atoms with Crippen LogP contribution in [-0.2, 0) is 0 Å². The van der Waals surface area contributed by atoms with Crippen molar-refractivity contribution in [1.29, 1.82) is 0 Å². The summed E-state index contributed by atoms with van der Waals surface area (Å²) in [6.45, 7) is 1.95. The average Bonchev–Trinajstić information content (AvgIpc) is 3.14. The molecule has 3 rings (SSSR count). The maximum Gasteiger partial charge on any atom is 0.307 e. The van der Waals surface area contributed by atoms with Crippen molar-refractivity contribution in [2.75, 3.05) is 6.61 Å². The monoisotopic (exact) mass is 317 g/mol. The van der Waals surface area contributed by atoms with Gasteiger partial charge in [-0.2, -0.15) is 0 Å². The van der Waals surface area contributed by atoms with Crippen molar-refractivity contribution in [2.24, 2.45) is 0 Å². The molecule has 5 nitrogen and oxygen atoms in total. The molecule has 0 fully saturated rings. The first-order valence-electron chi connectivity index (χ1n) is 7.01. The number of aryl methyl sites for hydroxylation is 1. The number of nitrogens with zero attached hydrogens (tertiary/aromatic N) is 3. The van der Waals surface area contributed by atoms with Crippen molar-refractivity contribution in [3.8, 4) is 6.01 Å². The van der Waals surface area contributed by atoms with E-state index in [0.717, 1.165) is 11.4 Å². The Morgan fingerprint density at radius 1 is 1.27 bits per heavy atom. The molecule has 0 saturated heterocycles. The summed E-state index contributed by atoms with van der Waals surface area (Å²) in [7, 11) is 0. The van der Waals surface area contributed by atoms with Crippen molar-refractivity contribution in [1.82, 2.24) is 14.5 Å². The molecule has 22 heavy (non-hydrogen) atoms. The number of benzene rings is 1. The molecule has 1 aromatic carbocycles. The van der Waals surface area contributed by atoms with Crippen LogP contribution < -0.4 is 0 Å². The molecular weight excluding hydrogens is 302 g/mol. The van der Waals surface area contributed by atoms with Gasteiger partial charge in [0, 0.05) is 29.9 Å². The summed E-state index contributed by atoms with van der Waals surface area (Å²) in [5.41, 5.74) is 1.03. The highest BCUT2D eigenvalue weighted by Gasteiger charge is 2.19. The molecule has 0 amide bonds. The fraction of sp³-hybridized carbons (Fsp3) is 0.250. The number of rotatable bonds is 5. The van der Waals surface area contributed by atoms with Gasteiger partial charge >= 0.3 is 6.01 Å². The van der Waals surface area contributed by atoms with E-state index in [0.29, 0.717) is 23.2 Å². The Kier molecular flexibility index (Phi) is 4.27. The van der Waals surface area contributed by atoms with Gasteiger partial charge in [-0.25, -0.2) is 9.97 Å². The molecule has 2 aromatic heterocycles. The second kappa shape index (κ2) is 6.34. The second-order valence-corrected chi connectivity index (χ2v) is 5.44. The zero-order valence-electron chi connectivity index (χ0n) is 12.1. The van der Waals surface area contributed by atoms with Gasteiger partial charge in [-0.05, 0) is 31.0 Å². The summed E-state index contributed by atoms with van der Waals surface area (Å²) in [6.07, 6.45) is 5.75. The molecule has 2 heterocycles. The summed E-state index contributed by atoms with van der Waals surface area (Å²) in [6, 6.07) is 8.01. The van der Waals surface area contributed by atoms with Crippen molar-refractivity contribution < 1.29 is 9.52 Å². The van der Waals surface area contributed by atoms with Crippen LogP contribution in [0.4, 0.5) is 0 Å². The minimum Gasteiger partial charge on any atom is -0.427 e. The first kappa shape index (κ1) is 14.8. The van der Waals surface area contributed by atoms with E-state index >= 15 is 0 Å². The van der Waals surface area contributed by atoms with Crippen LogP contribution in [0.15, 0.2) is 47.3 Å². The minimum atomic E-state index is -0.0626.